The Morgan fingerprint density at radius 3 is 2.81 bits per heavy atom. The summed E-state index contributed by atoms with van der Waals surface area (Å²) in [4.78, 5) is 21.0. The zero-order valence-corrected chi connectivity index (χ0v) is 14.9. The highest BCUT2D eigenvalue weighted by Gasteiger charge is 2.38. The molecule has 144 valence electrons. The van der Waals surface area contributed by atoms with Crippen LogP contribution >= 0.6 is 0 Å². The van der Waals surface area contributed by atoms with Gasteiger partial charge in [-0.15, -0.1) is 0 Å². The number of nitrogens with zero attached hydrogens (tertiary/aromatic N) is 2. The fourth-order valence-corrected chi connectivity index (χ4v) is 4.81. The van der Waals surface area contributed by atoms with Crippen LogP contribution in [0.15, 0.2) is 23.1 Å². The van der Waals surface area contributed by atoms with E-state index in [1.165, 1.54) is 0 Å². The summed E-state index contributed by atoms with van der Waals surface area (Å²) in [5.41, 5.74) is 4.24. The predicted octanol–water partition coefficient (Wildman–Crippen LogP) is 0.742. The van der Waals surface area contributed by atoms with Crippen LogP contribution in [0.5, 0.6) is 0 Å². The van der Waals surface area contributed by atoms with Gasteiger partial charge in [0.05, 0.1) is 4.92 Å². The molecule has 26 heavy (non-hydrogen) atoms. The molecule has 1 fully saturated rings. The summed E-state index contributed by atoms with van der Waals surface area (Å²) in [6.07, 6.45) is 1.95. The number of nitro benzene ring substituents is 1. The Morgan fingerprint density at radius 1 is 1.42 bits per heavy atom. The topological polar surface area (TPSA) is 136 Å². The highest BCUT2D eigenvalue weighted by atomic mass is 32.2. The van der Waals surface area contributed by atoms with Gasteiger partial charge in [0, 0.05) is 32.1 Å². The lowest BCUT2D eigenvalue weighted by Crippen LogP contribution is -2.49. The second-order valence-corrected chi connectivity index (χ2v) is 7.81. The second-order valence-electron chi connectivity index (χ2n) is 5.95. The molecule has 1 heterocycles. The minimum atomic E-state index is -4.29. The average Bonchev–Trinajstić information content (AvgIpc) is 2.60. The number of hydrogen-bond acceptors (Lipinski definition) is 6. The third-order valence-corrected chi connectivity index (χ3v) is 6.18. The highest BCUT2D eigenvalue weighted by Crippen LogP contribution is 2.32. The van der Waals surface area contributed by atoms with Crippen LogP contribution in [0.25, 0.3) is 0 Å². The predicted molar refractivity (Wildman–Crippen MR) is 91.3 cm³/mol. The van der Waals surface area contributed by atoms with Gasteiger partial charge in [-0.2, -0.15) is 8.70 Å². The first-order chi connectivity index (χ1) is 12.3. The largest absolute Gasteiger partial charge is 0.354 e. The number of amides is 1. The van der Waals surface area contributed by atoms with Gasteiger partial charge in [0.1, 0.15) is 0 Å². The van der Waals surface area contributed by atoms with Crippen molar-refractivity contribution >= 4 is 21.6 Å². The summed E-state index contributed by atoms with van der Waals surface area (Å²) in [7, 11) is -4.29. The number of benzene rings is 1. The summed E-state index contributed by atoms with van der Waals surface area (Å²) in [6, 6.07) is 2.43. The maximum Gasteiger partial charge on any atom is 0.324 e. The van der Waals surface area contributed by atoms with E-state index in [9.17, 15) is 27.7 Å². The number of rotatable bonds is 7. The van der Waals surface area contributed by atoms with E-state index in [0.717, 1.165) is 28.9 Å². The molecule has 9 nitrogen and oxygen atoms in total. The van der Waals surface area contributed by atoms with Gasteiger partial charge < -0.3 is 11.1 Å². The molecule has 0 aliphatic carbocycles. The fourth-order valence-electron chi connectivity index (χ4n) is 2.95. The van der Waals surface area contributed by atoms with Gasteiger partial charge in [0.15, 0.2) is 4.90 Å². The standard InChI is InChI=1S/C15H21FN4O5S/c16-12-5-3-6-13(15(12)20(22)23)26(24,25)19-9-2-1-4-11(19)10-18-14(21)7-8-17/h3,5-6,11H,1-2,4,7-10,17H2,(H,18,21). The number of para-hydroxylation sites is 1. The molecule has 0 aromatic heterocycles. The van der Waals surface area contributed by atoms with Gasteiger partial charge in [0.2, 0.25) is 21.7 Å². The first kappa shape index (κ1) is 20.2. The van der Waals surface area contributed by atoms with Gasteiger partial charge in [0.25, 0.3) is 0 Å². The number of nitro groups is 1. The Labute approximate surface area is 150 Å². The van der Waals surface area contributed by atoms with Crippen molar-refractivity contribution in [3.8, 4) is 0 Å². The van der Waals surface area contributed by atoms with Crippen LogP contribution in [-0.4, -0.2) is 49.2 Å². The molecule has 1 aromatic carbocycles. The molecule has 1 aromatic rings. The minimum Gasteiger partial charge on any atom is -0.354 e. The fraction of sp³-hybridized carbons (Fsp3) is 0.533. The van der Waals surface area contributed by atoms with Crippen LogP contribution in [0.3, 0.4) is 0 Å². The molecule has 2 rings (SSSR count). The summed E-state index contributed by atoms with van der Waals surface area (Å²) in [5.74, 6) is -1.51. The molecule has 1 unspecified atom stereocenters. The van der Waals surface area contributed by atoms with Crippen molar-refractivity contribution in [3.63, 3.8) is 0 Å². The molecule has 1 atom stereocenters. The third-order valence-electron chi connectivity index (χ3n) is 4.20. The maximum atomic E-state index is 13.8. The molecule has 1 saturated heterocycles. The van der Waals surface area contributed by atoms with Gasteiger partial charge in [-0.05, 0) is 25.0 Å². The van der Waals surface area contributed by atoms with E-state index >= 15 is 0 Å². The van der Waals surface area contributed by atoms with Gasteiger partial charge in [-0.1, -0.05) is 12.5 Å². The van der Waals surface area contributed by atoms with Crippen molar-refractivity contribution in [2.24, 2.45) is 5.73 Å². The first-order valence-corrected chi connectivity index (χ1v) is 9.64. The van der Waals surface area contributed by atoms with Crippen molar-refractivity contribution in [1.29, 1.82) is 0 Å². The van der Waals surface area contributed by atoms with Crippen molar-refractivity contribution in [2.75, 3.05) is 19.6 Å². The zero-order chi connectivity index (χ0) is 19.3. The number of nitrogens with two attached hydrogens (primary N) is 1. The van der Waals surface area contributed by atoms with E-state index in [1.54, 1.807) is 0 Å². The highest BCUT2D eigenvalue weighted by molar-refractivity contribution is 7.89. The third kappa shape index (κ3) is 4.34. The molecule has 0 bridgehead atoms. The van der Waals surface area contributed by atoms with Crippen LogP contribution in [0.1, 0.15) is 25.7 Å². The van der Waals surface area contributed by atoms with E-state index in [-0.39, 0.29) is 32.0 Å². The Hall–Kier alpha value is -2.11. The molecular formula is C15H21FN4O5S. The van der Waals surface area contributed by atoms with Crippen molar-refractivity contribution in [1.82, 2.24) is 9.62 Å². The van der Waals surface area contributed by atoms with E-state index in [4.69, 9.17) is 5.73 Å². The van der Waals surface area contributed by atoms with Crippen molar-refractivity contribution in [3.05, 3.63) is 34.1 Å². The lowest BCUT2D eigenvalue weighted by atomic mass is 10.1. The Kier molecular flexibility index (Phi) is 6.62. The van der Waals surface area contributed by atoms with Crippen LogP contribution in [0.2, 0.25) is 0 Å². The molecule has 1 amide bonds. The SMILES string of the molecule is NCCC(=O)NCC1CCCCN1S(=O)(=O)c1cccc(F)c1[N+](=O)[O-]. The molecule has 11 heteroatoms. The zero-order valence-electron chi connectivity index (χ0n) is 14.1. The number of sulfonamides is 1. The monoisotopic (exact) mass is 388 g/mol. The van der Waals surface area contributed by atoms with Gasteiger partial charge >= 0.3 is 5.69 Å². The molecular weight excluding hydrogens is 367 g/mol. The van der Waals surface area contributed by atoms with Crippen molar-refractivity contribution in [2.45, 2.75) is 36.6 Å². The van der Waals surface area contributed by atoms with Crippen LogP contribution in [-0.2, 0) is 14.8 Å². The lowest BCUT2D eigenvalue weighted by Gasteiger charge is -2.34. The quantitative estimate of drug-likeness (QED) is 0.522. The molecule has 1 aliphatic rings. The normalized spacial score (nSPS) is 18.5. The lowest BCUT2D eigenvalue weighted by molar-refractivity contribution is -0.390. The second kappa shape index (κ2) is 8.52. The van der Waals surface area contributed by atoms with Crippen molar-refractivity contribution < 1.29 is 22.5 Å². The number of halogens is 1. The Bertz CT molecular complexity index is 786. The number of hydrogen-bond donors (Lipinski definition) is 2. The minimum absolute atomic E-state index is 0.0706. The molecule has 1 aliphatic heterocycles. The molecule has 0 radical (unpaired) electrons. The number of piperidine rings is 1. The van der Waals surface area contributed by atoms with Gasteiger partial charge in [-0.25, -0.2) is 8.42 Å². The van der Waals surface area contributed by atoms with Gasteiger partial charge in [-0.3, -0.25) is 14.9 Å². The van der Waals surface area contributed by atoms with Crippen LogP contribution in [0.4, 0.5) is 10.1 Å². The van der Waals surface area contributed by atoms with E-state index in [2.05, 4.69) is 5.32 Å². The Morgan fingerprint density at radius 2 is 2.15 bits per heavy atom. The van der Waals surface area contributed by atoms with Crippen LogP contribution in [0, 0.1) is 15.9 Å². The molecule has 0 spiro atoms. The average molecular weight is 388 g/mol. The van der Waals surface area contributed by atoms with E-state index in [0.29, 0.717) is 12.8 Å². The van der Waals surface area contributed by atoms with Crippen LogP contribution < -0.4 is 11.1 Å². The summed E-state index contributed by atoms with van der Waals surface area (Å²) < 4.78 is 40.9. The smallest absolute Gasteiger partial charge is 0.324 e. The molecule has 0 saturated carbocycles. The number of carbonyl (C=O) groups is 1. The number of nitrogens with one attached hydrogen (secondary N) is 1. The summed E-state index contributed by atoms with van der Waals surface area (Å²) in [6.45, 7) is 0.391. The van der Waals surface area contributed by atoms with E-state index in [1.807, 2.05) is 0 Å². The molecule has 3 N–H and O–H groups in total. The first-order valence-electron chi connectivity index (χ1n) is 8.20. The summed E-state index contributed by atoms with van der Waals surface area (Å²) >= 11 is 0. The summed E-state index contributed by atoms with van der Waals surface area (Å²) in [5, 5.41) is 13.8. The maximum absolute atomic E-state index is 13.8. The Balaban J connectivity index is 2.32. The van der Waals surface area contributed by atoms with E-state index < -0.39 is 37.4 Å². The number of carbonyl (C=O) groups excluding carboxylic acids is 1.